The maximum absolute atomic E-state index is 6.30. The van der Waals surface area contributed by atoms with Gasteiger partial charge in [-0.15, -0.1) is 0 Å². The van der Waals surface area contributed by atoms with Crippen molar-refractivity contribution in [2.75, 3.05) is 40.8 Å². The van der Waals surface area contributed by atoms with Gasteiger partial charge in [-0.05, 0) is 51.2 Å². The highest BCUT2D eigenvalue weighted by Crippen LogP contribution is 2.19. The molecule has 0 saturated carbocycles. The van der Waals surface area contributed by atoms with Crippen LogP contribution < -0.4 is 10.5 Å². The predicted molar refractivity (Wildman–Crippen MR) is 83.1 cm³/mol. The Kier molecular flexibility index (Phi) is 5.40. The second-order valence-corrected chi connectivity index (χ2v) is 5.88. The molecule has 20 heavy (non-hydrogen) atoms. The largest absolute Gasteiger partial charge is 0.497 e. The number of ether oxygens (including phenoxy) is 1. The summed E-state index contributed by atoms with van der Waals surface area (Å²) in [5.41, 5.74) is 7.46. The molecule has 1 fully saturated rings. The third-order valence-corrected chi connectivity index (χ3v) is 4.25. The normalized spacial score (nSPS) is 21.4. The van der Waals surface area contributed by atoms with Gasteiger partial charge in [0.25, 0.3) is 0 Å². The van der Waals surface area contributed by atoms with Crippen molar-refractivity contribution < 1.29 is 4.74 Å². The van der Waals surface area contributed by atoms with Gasteiger partial charge in [0.05, 0.1) is 7.11 Å². The second-order valence-electron chi connectivity index (χ2n) is 5.88. The molecule has 2 unspecified atom stereocenters. The van der Waals surface area contributed by atoms with Crippen molar-refractivity contribution in [3.05, 3.63) is 29.8 Å². The molecule has 0 aromatic heterocycles. The molecule has 0 aliphatic carbocycles. The molecular formula is C16H27N3O. The van der Waals surface area contributed by atoms with Gasteiger partial charge < -0.3 is 20.3 Å². The van der Waals surface area contributed by atoms with E-state index in [9.17, 15) is 0 Å². The van der Waals surface area contributed by atoms with Gasteiger partial charge in [-0.25, -0.2) is 0 Å². The molecule has 2 N–H and O–H groups in total. The van der Waals surface area contributed by atoms with Crippen molar-refractivity contribution in [2.24, 2.45) is 5.73 Å². The van der Waals surface area contributed by atoms with Gasteiger partial charge in [-0.2, -0.15) is 0 Å². The fourth-order valence-electron chi connectivity index (χ4n) is 2.94. The molecule has 1 aliphatic rings. The van der Waals surface area contributed by atoms with Crippen LogP contribution in [0.25, 0.3) is 0 Å². The highest BCUT2D eigenvalue weighted by molar-refractivity contribution is 5.29. The molecule has 1 saturated heterocycles. The lowest BCUT2D eigenvalue weighted by atomic mass is 10.1. The third-order valence-electron chi connectivity index (χ3n) is 4.25. The van der Waals surface area contributed by atoms with E-state index in [0.717, 1.165) is 24.4 Å². The Balaban J connectivity index is 1.84. The molecule has 0 spiro atoms. The highest BCUT2D eigenvalue weighted by atomic mass is 16.5. The fourth-order valence-corrected chi connectivity index (χ4v) is 2.94. The van der Waals surface area contributed by atoms with Crippen LogP contribution in [0.2, 0.25) is 0 Å². The van der Waals surface area contributed by atoms with Crippen LogP contribution in [0.3, 0.4) is 0 Å². The summed E-state index contributed by atoms with van der Waals surface area (Å²) >= 11 is 0. The minimum absolute atomic E-state index is 0.0533. The molecule has 2 atom stereocenters. The zero-order valence-electron chi connectivity index (χ0n) is 12.9. The van der Waals surface area contributed by atoms with E-state index < -0.39 is 0 Å². The lowest BCUT2D eigenvalue weighted by Crippen LogP contribution is -2.39. The van der Waals surface area contributed by atoms with Crippen LogP contribution in [0.1, 0.15) is 24.4 Å². The first-order valence-electron chi connectivity index (χ1n) is 7.38. The molecule has 112 valence electrons. The van der Waals surface area contributed by atoms with E-state index in [-0.39, 0.29) is 6.04 Å². The van der Waals surface area contributed by atoms with Crippen LogP contribution in [-0.2, 0) is 0 Å². The monoisotopic (exact) mass is 277 g/mol. The summed E-state index contributed by atoms with van der Waals surface area (Å²) in [5, 5.41) is 0. The summed E-state index contributed by atoms with van der Waals surface area (Å²) in [6.07, 6.45) is 2.62. The van der Waals surface area contributed by atoms with E-state index in [0.29, 0.717) is 6.04 Å². The van der Waals surface area contributed by atoms with Crippen LogP contribution in [0.4, 0.5) is 0 Å². The van der Waals surface area contributed by atoms with Crippen LogP contribution in [-0.4, -0.2) is 56.7 Å². The fraction of sp³-hybridized carbons (Fsp3) is 0.625. The number of nitrogens with zero attached hydrogens (tertiary/aromatic N) is 2. The predicted octanol–water partition coefficient (Wildman–Crippen LogP) is 1.72. The van der Waals surface area contributed by atoms with Gasteiger partial charge in [-0.1, -0.05) is 12.1 Å². The van der Waals surface area contributed by atoms with Crippen molar-refractivity contribution in [1.82, 2.24) is 9.80 Å². The van der Waals surface area contributed by atoms with E-state index in [1.807, 2.05) is 12.1 Å². The summed E-state index contributed by atoms with van der Waals surface area (Å²) in [6, 6.07) is 8.79. The molecule has 1 aromatic rings. The van der Waals surface area contributed by atoms with E-state index in [2.05, 4.69) is 36.0 Å². The van der Waals surface area contributed by atoms with Gasteiger partial charge >= 0.3 is 0 Å². The first-order chi connectivity index (χ1) is 9.60. The Bertz CT molecular complexity index is 407. The Morgan fingerprint density at radius 3 is 2.65 bits per heavy atom. The first kappa shape index (κ1) is 15.3. The van der Waals surface area contributed by atoms with Gasteiger partial charge in [-0.3, -0.25) is 0 Å². The van der Waals surface area contributed by atoms with Crippen LogP contribution in [0.15, 0.2) is 24.3 Å². The average molecular weight is 277 g/mol. The number of nitrogens with two attached hydrogens (primary N) is 1. The Morgan fingerprint density at radius 2 is 2.10 bits per heavy atom. The second kappa shape index (κ2) is 7.07. The standard InChI is InChI=1S/C16H27N3O/c1-18(11-14-5-4-10-19(14)2)12-16(17)13-6-8-15(20-3)9-7-13/h6-9,14,16H,4-5,10-12,17H2,1-3H3. The van der Waals surface area contributed by atoms with Crippen LogP contribution in [0, 0.1) is 0 Å². The topological polar surface area (TPSA) is 41.7 Å². The van der Waals surface area contributed by atoms with Crippen molar-refractivity contribution in [1.29, 1.82) is 0 Å². The number of hydrogen-bond donors (Lipinski definition) is 1. The Morgan fingerprint density at radius 1 is 1.40 bits per heavy atom. The molecule has 1 heterocycles. The number of benzene rings is 1. The van der Waals surface area contributed by atoms with E-state index in [1.54, 1.807) is 7.11 Å². The summed E-state index contributed by atoms with van der Waals surface area (Å²) < 4.78 is 5.17. The number of rotatable bonds is 6. The number of likely N-dealkylation sites (N-methyl/N-ethyl adjacent to an activating group) is 2. The number of methoxy groups -OCH3 is 1. The lowest BCUT2D eigenvalue weighted by molar-refractivity contribution is 0.213. The molecule has 2 rings (SSSR count). The molecule has 1 aliphatic heterocycles. The van der Waals surface area contributed by atoms with E-state index in [1.165, 1.54) is 19.4 Å². The third kappa shape index (κ3) is 3.95. The Hall–Kier alpha value is -1.10. The van der Waals surface area contributed by atoms with Crippen molar-refractivity contribution in [3.63, 3.8) is 0 Å². The number of likely N-dealkylation sites (tertiary alicyclic amines) is 1. The zero-order valence-corrected chi connectivity index (χ0v) is 12.9. The van der Waals surface area contributed by atoms with E-state index >= 15 is 0 Å². The molecule has 4 heteroatoms. The summed E-state index contributed by atoms with van der Waals surface area (Å²) in [5.74, 6) is 0.877. The highest BCUT2D eigenvalue weighted by Gasteiger charge is 2.22. The molecule has 1 aromatic carbocycles. The van der Waals surface area contributed by atoms with Gasteiger partial charge in [0.2, 0.25) is 0 Å². The van der Waals surface area contributed by atoms with Crippen molar-refractivity contribution in [3.8, 4) is 5.75 Å². The van der Waals surface area contributed by atoms with Crippen molar-refractivity contribution in [2.45, 2.75) is 24.9 Å². The van der Waals surface area contributed by atoms with Crippen LogP contribution >= 0.6 is 0 Å². The van der Waals surface area contributed by atoms with Gasteiger partial charge in [0.15, 0.2) is 0 Å². The van der Waals surface area contributed by atoms with Crippen LogP contribution in [0.5, 0.6) is 5.75 Å². The minimum Gasteiger partial charge on any atom is -0.497 e. The van der Waals surface area contributed by atoms with Crippen molar-refractivity contribution >= 4 is 0 Å². The summed E-state index contributed by atoms with van der Waals surface area (Å²) in [4.78, 5) is 4.80. The maximum Gasteiger partial charge on any atom is 0.118 e. The smallest absolute Gasteiger partial charge is 0.118 e. The summed E-state index contributed by atoms with van der Waals surface area (Å²) in [7, 11) is 6.06. The number of hydrogen-bond acceptors (Lipinski definition) is 4. The summed E-state index contributed by atoms with van der Waals surface area (Å²) in [6.45, 7) is 3.21. The van der Waals surface area contributed by atoms with Gasteiger partial charge in [0.1, 0.15) is 5.75 Å². The Labute approximate surface area is 122 Å². The average Bonchev–Trinajstić information content (AvgIpc) is 2.84. The molecule has 0 bridgehead atoms. The molecular weight excluding hydrogens is 250 g/mol. The minimum atomic E-state index is 0.0533. The zero-order chi connectivity index (χ0) is 14.5. The maximum atomic E-state index is 6.30. The molecule has 4 nitrogen and oxygen atoms in total. The molecule has 0 amide bonds. The van der Waals surface area contributed by atoms with E-state index in [4.69, 9.17) is 10.5 Å². The quantitative estimate of drug-likeness (QED) is 0.860. The first-order valence-corrected chi connectivity index (χ1v) is 7.38. The molecule has 0 radical (unpaired) electrons. The van der Waals surface area contributed by atoms with Gasteiger partial charge in [0, 0.05) is 25.2 Å². The lowest BCUT2D eigenvalue weighted by Gasteiger charge is -2.27. The SMILES string of the molecule is COc1ccc(C(N)CN(C)CC2CCCN2C)cc1.